The van der Waals surface area contributed by atoms with Crippen molar-refractivity contribution in [1.82, 2.24) is 10.2 Å². The first-order valence-electron chi connectivity index (χ1n) is 7.47. The van der Waals surface area contributed by atoms with Gasteiger partial charge in [0.05, 0.1) is 0 Å². The van der Waals surface area contributed by atoms with Crippen molar-refractivity contribution in [3.05, 3.63) is 29.3 Å². The maximum atomic E-state index is 11.1. The summed E-state index contributed by atoms with van der Waals surface area (Å²) in [5.41, 5.74) is 2.42. The number of piperidine rings is 1. The average Bonchev–Trinajstić information content (AvgIpc) is 2.84. The number of carbonyl (C=O) groups excluding carboxylic acids is 1. The van der Waals surface area contributed by atoms with E-state index in [1.54, 1.807) is 13.0 Å². The lowest BCUT2D eigenvalue weighted by atomic mass is 10.00. The Morgan fingerprint density at radius 1 is 1.30 bits per heavy atom. The number of hydrogen-bond acceptors (Lipinski definition) is 3. The highest BCUT2D eigenvalue weighted by molar-refractivity contribution is 5.73. The van der Waals surface area contributed by atoms with Crippen LogP contribution in [-0.2, 0) is 11.2 Å². The van der Waals surface area contributed by atoms with Gasteiger partial charge in [0.1, 0.15) is 5.75 Å². The molecule has 1 saturated heterocycles. The van der Waals surface area contributed by atoms with Crippen molar-refractivity contribution < 1.29 is 9.90 Å². The largest absolute Gasteiger partial charge is 0.508 e. The smallest absolute Gasteiger partial charge is 0.217 e. The van der Waals surface area contributed by atoms with Crippen LogP contribution in [0, 0.1) is 0 Å². The number of benzene rings is 1. The van der Waals surface area contributed by atoms with Gasteiger partial charge in [0.15, 0.2) is 0 Å². The summed E-state index contributed by atoms with van der Waals surface area (Å²) >= 11 is 0. The highest BCUT2D eigenvalue weighted by Crippen LogP contribution is 2.40. The van der Waals surface area contributed by atoms with Gasteiger partial charge in [-0.15, -0.1) is 0 Å². The van der Waals surface area contributed by atoms with Gasteiger partial charge in [-0.1, -0.05) is 12.1 Å². The molecular weight excluding hydrogens is 252 g/mol. The van der Waals surface area contributed by atoms with Crippen molar-refractivity contribution in [3.63, 3.8) is 0 Å². The maximum Gasteiger partial charge on any atom is 0.217 e. The fraction of sp³-hybridized carbons (Fsp3) is 0.562. The number of rotatable bonds is 2. The first kappa shape index (κ1) is 13.4. The molecule has 1 aliphatic heterocycles. The van der Waals surface area contributed by atoms with Crippen molar-refractivity contribution in [2.24, 2.45) is 0 Å². The minimum Gasteiger partial charge on any atom is -0.508 e. The number of nitrogens with one attached hydrogen (secondary N) is 1. The Morgan fingerprint density at radius 2 is 2.05 bits per heavy atom. The molecule has 0 saturated carbocycles. The van der Waals surface area contributed by atoms with Gasteiger partial charge in [-0.3, -0.25) is 9.69 Å². The van der Waals surface area contributed by atoms with Crippen LogP contribution in [-0.4, -0.2) is 35.0 Å². The molecule has 0 aromatic heterocycles. The van der Waals surface area contributed by atoms with Crippen molar-refractivity contribution in [1.29, 1.82) is 0 Å². The minimum absolute atomic E-state index is 0.0691. The van der Waals surface area contributed by atoms with Crippen LogP contribution in [0.2, 0.25) is 0 Å². The van der Waals surface area contributed by atoms with Crippen LogP contribution in [0.4, 0.5) is 0 Å². The molecule has 2 N–H and O–H groups in total. The molecule has 108 valence electrons. The first-order chi connectivity index (χ1) is 9.65. The molecule has 1 atom stereocenters. The van der Waals surface area contributed by atoms with Crippen molar-refractivity contribution in [3.8, 4) is 5.75 Å². The lowest BCUT2D eigenvalue weighted by molar-refractivity contribution is -0.120. The number of carbonyl (C=O) groups is 1. The van der Waals surface area contributed by atoms with E-state index in [1.807, 2.05) is 6.07 Å². The van der Waals surface area contributed by atoms with E-state index in [0.717, 1.165) is 44.3 Å². The summed E-state index contributed by atoms with van der Waals surface area (Å²) in [4.78, 5) is 13.6. The zero-order chi connectivity index (χ0) is 14.1. The van der Waals surface area contributed by atoms with Gasteiger partial charge >= 0.3 is 0 Å². The average molecular weight is 274 g/mol. The summed E-state index contributed by atoms with van der Waals surface area (Å²) in [5, 5.41) is 12.9. The number of likely N-dealkylation sites (tertiary alicyclic amines) is 1. The van der Waals surface area contributed by atoms with Crippen LogP contribution in [0.1, 0.15) is 43.4 Å². The molecule has 1 amide bonds. The number of amides is 1. The molecule has 4 heteroatoms. The summed E-state index contributed by atoms with van der Waals surface area (Å²) in [6.07, 6.45) is 4.10. The van der Waals surface area contributed by atoms with Crippen LogP contribution >= 0.6 is 0 Å². The molecule has 1 heterocycles. The van der Waals surface area contributed by atoms with Crippen LogP contribution in [0.3, 0.4) is 0 Å². The number of nitrogens with zero attached hydrogens (tertiary/aromatic N) is 1. The highest BCUT2D eigenvalue weighted by atomic mass is 16.3. The van der Waals surface area contributed by atoms with E-state index in [0.29, 0.717) is 17.8 Å². The summed E-state index contributed by atoms with van der Waals surface area (Å²) in [6, 6.07) is 6.64. The van der Waals surface area contributed by atoms with E-state index in [4.69, 9.17) is 0 Å². The molecule has 3 rings (SSSR count). The molecule has 20 heavy (non-hydrogen) atoms. The van der Waals surface area contributed by atoms with Gasteiger partial charge in [0.2, 0.25) is 5.91 Å². The molecular formula is C16H22N2O2. The van der Waals surface area contributed by atoms with Gasteiger partial charge < -0.3 is 10.4 Å². The lowest BCUT2D eigenvalue weighted by Gasteiger charge is -2.36. The summed E-state index contributed by atoms with van der Waals surface area (Å²) in [5.74, 6) is 0.512. The molecule has 1 aromatic rings. The molecule has 1 aliphatic carbocycles. The number of phenols is 1. The second kappa shape index (κ2) is 5.44. The molecule has 2 aliphatic rings. The Morgan fingerprint density at radius 3 is 2.75 bits per heavy atom. The zero-order valence-electron chi connectivity index (χ0n) is 11.9. The van der Waals surface area contributed by atoms with Gasteiger partial charge in [-0.2, -0.15) is 0 Å². The number of phenolic OH excluding ortho intramolecular Hbond substituents is 1. The Kier molecular flexibility index (Phi) is 3.66. The van der Waals surface area contributed by atoms with Crippen LogP contribution in [0.15, 0.2) is 18.2 Å². The fourth-order valence-electron chi connectivity index (χ4n) is 3.64. The van der Waals surface area contributed by atoms with Crippen molar-refractivity contribution >= 4 is 5.91 Å². The van der Waals surface area contributed by atoms with Gasteiger partial charge in [-0.05, 0) is 42.9 Å². The van der Waals surface area contributed by atoms with E-state index in [1.165, 1.54) is 5.56 Å². The molecule has 0 bridgehead atoms. The van der Waals surface area contributed by atoms with E-state index >= 15 is 0 Å². The molecule has 4 nitrogen and oxygen atoms in total. The monoisotopic (exact) mass is 274 g/mol. The molecule has 0 radical (unpaired) electrons. The SMILES string of the molecule is CC(=O)NC1CCN(C2CCc3c(O)cccc32)CC1. The molecule has 1 fully saturated rings. The third kappa shape index (κ3) is 2.52. The van der Waals surface area contributed by atoms with Gasteiger partial charge in [0.25, 0.3) is 0 Å². The third-order valence-electron chi connectivity index (χ3n) is 4.59. The summed E-state index contributed by atoms with van der Waals surface area (Å²) in [6.45, 7) is 3.62. The first-order valence-corrected chi connectivity index (χ1v) is 7.47. The maximum absolute atomic E-state index is 11.1. The Balaban J connectivity index is 1.66. The summed E-state index contributed by atoms with van der Waals surface area (Å²) in [7, 11) is 0. The second-order valence-corrected chi connectivity index (χ2v) is 5.91. The third-order valence-corrected chi connectivity index (χ3v) is 4.59. The second-order valence-electron chi connectivity index (χ2n) is 5.91. The molecule has 1 aromatic carbocycles. The van der Waals surface area contributed by atoms with Gasteiger partial charge in [0, 0.05) is 32.1 Å². The Hall–Kier alpha value is -1.55. The van der Waals surface area contributed by atoms with Crippen LogP contribution in [0.5, 0.6) is 5.75 Å². The van der Waals surface area contributed by atoms with E-state index < -0.39 is 0 Å². The number of fused-ring (bicyclic) bond motifs is 1. The van der Waals surface area contributed by atoms with E-state index in [-0.39, 0.29) is 5.91 Å². The lowest BCUT2D eigenvalue weighted by Crippen LogP contribution is -2.44. The van der Waals surface area contributed by atoms with Crippen molar-refractivity contribution in [2.45, 2.75) is 44.7 Å². The highest BCUT2D eigenvalue weighted by Gasteiger charge is 2.31. The normalized spacial score (nSPS) is 23.6. The Labute approximate surface area is 119 Å². The predicted octanol–water partition coefficient (Wildman–Crippen LogP) is 1.98. The zero-order valence-corrected chi connectivity index (χ0v) is 11.9. The molecule has 0 spiro atoms. The van der Waals surface area contributed by atoms with E-state index in [2.05, 4.69) is 16.3 Å². The number of aromatic hydroxyl groups is 1. The quantitative estimate of drug-likeness (QED) is 0.867. The number of hydrogen-bond donors (Lipinski definition) is 2. The van der Waals surface area contributed by atoms with Crippen LogP contribution < -0.4 is 5.32 Å². The molecule has 1 unspecified atom stereocenters. The summed E-state index contributed by atoms with van der Waals surface area (Å²) < 4.78 is 0. The minimum atomic E-state index is 0.0691. The topological polar surface area (TPSA) is 52.6 Å². The Bertz CT molecular complexity index is 507. The predicted molar refractivity (Wildman–Crippen MR) is 77.6 cm³/mol. The van der Waals surface area contributed by atoms with E-state index in [9.17, 15) is 9.90 Å². The standard InChI is InChI=1S/C16H22N2O2/c1-11(19)17-12-7-9-18(10-8-12)15-6-5-14-13(15)3-2-4-16(14)20/h2-4,12,15,20H,5-10H2,1H3,(H,17,19). The van der Waals surface area contributed by atoms with Gasteiger partial charge in [-0.25, -0.2) is 0 Å². The van der Waals surface area contributed by atoms with Crippen LogP contribution in [0.25, 0.3) is 0 Å². The fourth-order valence-corrected chi connectivity index (χ4v) is 3.64. The van der Waals surface area contributed by atoms with Crippen molar-refractivity contribution in [2.75, 3.05) is 13.1 Å².